The molecule has 15 nitrogen and oxygen atoms in total. The van der Waals surface area contributed by atoms with E-state index in [9.17, 15) is 0 Å². The molecule has 0 amide bonds. The van der Waals surface area contributed by atoms with Crippen LogP contribution in [0.5, 0.6) is 0 Å². The third-order valence-corrected chi connectivity index (χ3v) is 0. The standard InChI is InChI=1S/5N.10O.7Ta/q5*-3;10*-2;7*+5. The third-order valence-electron chi connectivity index (χ3n) is 0. The molecule has 0 bridgehead atoms. The topological polar surface area (TPSA) is 438 Å². The summed E-state index contributed by atoms with van der Waals surface area (Å²) >= 11 is 0. The molecular weight excluding hydrogens is 1500 g/mol. The minimum absolute atomic E-state index is 0. The van der Waals surface area contributed by atoms with Gasteiger partial charge in [0.2, 0.25) is 0 Å². The number of hydrogen-bond acceptors (Lipinski definition) is 0. The molecule has 0 saturated carbocycles. The van der Waals surface area contributed by atoms with Gasteiger partial charge in [-0.3, -0.25) is 0 Å². The van der Waals surface area contributed by atoms with Crippen LogP contribution in [0.25, 0.3) is 30.8 Å². The number of nitrogens with zero attached hydrogens (tertiary/aromatic N) is 5. The zero-order valence-corrected chi connectivity index (χ0v) is 31.9. The molecule has 0 spiro atoms. The Morgan fingerprint density at radius 1 is 0.136 bits per heavy atom. The molecule has 0 rings (SSSR count). The fourth-order valence-electron chi connectivity index (χ4n) is 0. The first-order chi connectivity index (χ1) is 0. The maximum Gasteiger partial charge on any atom is 5.00 e. The van der Waals surface area contributed by atoms with Gasteiger partial charge in [-0.25, -0.2) is 0 Å². The smallest absolute Gasteiger partial charge is 3.00 e. The van der Waals surface area contributed by atoms with Crippen molar-refractivity contribution in [3.63, 3.8) is 0 Å². The fourth-order valence-corrected chi connectivity index (χ4v) is 0. The van der Waals surface area contributed by atoms with E-state index < -0.39 is 0 Å². The van der Waals surface area contributed by atoms with Gasteiger partial charge < -0.3 is 85.5 Å². The summed E-state index contributed by atoms with van der Waals surface area (Å²) in [4.78, 5) is 0. The van der Waals surface area contributed by atoms with Crippen molar-refractivity contribution >= 4 is 0 Å². The van der Waals surface area contributed by atoms with Gasteiger partial charge in [0.15, 0.2) is 0 Å². The molecule has 0 radical (unpaired) electrons. The molecule has 120 valence electrons. The van der Waals surface area contributed by atoms with E-state index in [-0.39, 0.29) is 242 Å². The van der Waals surface area contributed by atoms with Gasteiger partial charge >= 0.3 is 157 Å². The van der Waals surface area contributed by atoms with Crippen LogP contribution in [0.15, 0.2) is 0 Å². The number of rotatable bonds is 0. The van der Waals surface area contributed by atoms with Gasteiger partial charge in [-0.05, 0) is 0 Å². The predicted molar refractivity (Wildman–Crippen MR) is 23.7 cm³/mol. The SMILES string of the molecule is [N-3].[N-3].[N-3].[N-3].[N-3].[O-2].[O-2].[O-2].[O-2].[O-2].[O-2].[O-2].[O-2].[O-2].[O-2].[Ta+5].[Ta+5].[Ta+5].[Ta+5].[Ta+5].[Ta+5].[Ta+5]. The molecule has 0 N–H and O–H groups in total. The van der Waals surface area contributed by atoms with Gasteiger partial charge in [-0.15, -0.1) is 0 Å². The zero-order chi connectivity index (χ0) is 0. The molecule has 22 heavy (non-hydrogen) atoms. The Bertz CT molecular complexity index is 33.6. The molecule has 0 atom stereocenters. The first-order valence-electron chi connectivity index (χ1n) is 0. The van der Waals surface area contributed by atoms with Crippen LogP contribution in [0.4, 0.5) is 0 Å². The van der Waals surface area contributed by atoms with Crippen molar-refractivity contribution in [2.24, 2.45) is 0 Å². The van der Waals surface area contributed by atoms with Crippen molar-refractivity contribution in [3.8, 4) is 0 Å². The minimum Gasteiger partial charge on any atom is -3.00 e. The summed E-state index contributed by atoms with van der Waals surface area (Å²) in [6.45, 7) is 0. The normalized spacial score (nSPS) is 0. The molecule has 0 aromatic heterocycles. The van der Waals surface area contributed by atoms with Crippen LogP contribution in [0.1, 0.15) is 0 Å². The minimum atomic E-state index is 0. The van der Waals surface area contributed by atoms with Gasteiger partial charge in [0, 0.05) is 0 Å². The van der Waals surface area contributed by atoms with E-state index in [1.165, 1.54) is 0 Å². The third kappa shape index (κ3) is 651. The van der Waals surface area contributed by atoms with E-state index in [1.807, 2.05) is 0 Å². The summed E-state index contributed by atoms with van der Waals surface area (Å²) in [6.07, 6.45) is 0. The zero-order valence-electron chi connectivity index (χ0n) is 9.45. The average Bonchev–Trinajstić information content (AvgIpc) is 0. The summed E-state index contributed by atoms with van der Waals surface area (Å²) in [5.74, 6) is 0. The van der Waals surface area contributed by atoms with Crippen LogP contribution in [0, 0.1) is 0 Å². The van der Waals surface area contributed by atoms with E-state index in [4.69, 9.17) is 0 Å². The first kappa shape index (κ1) is 829. The second kappa shape index (κ2) is 736. The Hall–Kier alpha value is 4.58. The molecular formula is N5O10Ta7. The fraction of sp³-hybridized carbons (Fsp3) is 0. The second-order valence-corrected chi connectivity index (χ2v) is 0. The molecule has 22 heteroatoms. The van der Waals surface area contributed by atoms with Gasteiger partial charge in [-0.1, -0.05) is 0 Å². The maximum atomic E-state index is 0. The molecule has 0 unspecified atom stereocenters. The van der Waals surface area contributed by atoms with E-state index in [1.54, 1.807) is 0 Å². The van der Waals surface area contributed by atoms with Crippen LogP contribution in [0.2, 0.25) is 0 Å². The van der Waals surface area contributed by atoms with Crippen LogP contribution in [-0.4, -0.2) is 0 Å². The largest absolute Gasteiger partial charge is 5.00 e. The summed E-state index contributed by atoms with van der Waals surface area (Å²) in [5.41, 5.74) is 0. The quantitative estimate of drug-likeness (QED) is 0.315. The summed E-state index contributed by atoms with van der Waals surface area (Å²) in [5, 5.41) is 0. The number of hydrogen-bond donors (Lipinski definition) is 0. The average molecular weight is 1500 g/mol. The monoisotopic (exact) mass is 1500 g/mol. The van der Waals surface area contributed by atoms with E-state index >= 15 is 0 Å². The summed E-state index contributed by atoms with van der Waals surface area (Å²) < 4.78 is 0. The Morgan fingerprint density at radius 3 is 0.136 bits per heavy atom. The Morgan fingerprint density at radius 2 is 0.136 bits per heavy atom. The van der Waals surface area contributed by atoms with Gasteiger partial charge in [0.05, 0.1) is 0 Å². The van der Waals surface area contributed by atoms with Crippen molar-refractivity contribution < 1.29 is 211 Å². The molecule has 0 saturated heterocycles. The van der Waals surface area contributed by atoms with Crippen molar-refractivity contribution in [2.45, 2.75) is 0 Å². The van der Waals surface area contributed by atoms with Crippen LogP contribution in [0.3, 0.4) is 0 Å². The van der Waals surface area contributed by atoms with E-state index in [2.05, 4.69) is 0 Å². The van der Waals surface area contributed by atoms with Crippen molar-refractivity contribution in [1.29, 1.82) is 0 Å². The van der Waals surface area contributed by atoms with Crippen molar-refractivity contribution in [3.05, 3.63) is 30.8 Å². The molecule has 0 aromatic rings. The molecule has 0 aromatic carbocycles. The second-order valence-electron chi connectivity index (χ2n) is 0. The van der Waals surface area contributed by atoms with Crippen LogP contribution >= 0.6 is 0 Å². The van der Waals surface area contributed by atoms with Crippen LogP contribution in [-0.2, 0) is 211 Å². The Labute approximate surface area is 238 Å². The maximum absolute atomic E-state index is 0. The van der Waals surface area contributed by atoms with Gasteiger partial charge in [0.25, 0.3) is 0 Å². The van der Waals surface area contributed by atoms with E-state index in [0.29, 0.717) is 0 Å². The van der Waals surface area contributed by atoms with Crippen molar-refractivity contribution in [1.82, 2.24) is 0 Å². The summed E-state index contributed by atoms with van der Waals surface area (Å²) in [7, 11) is 0. The Balaban J connectivity index is 0. The van der Waals surface area contributed by atoms with E-state index in [0.717, 1.165) is 0 Å². The summed E-state index contributed by atoms with van der Waals surface area (Å²) in [6, 6.07) is 0. The molecule has 0 heterocycles. The molecule has 0 aliphatic heterocycles. The van der Waals surface area contributed by atoms with Crippen molar-refractivity contribution in [2.75, 3.05) is 0 Å². The molecule has 0 aliphatic carbocycles. The predicted octanol–water partition coefficient (Wildman–Crippen LogP) is 0.238. The first-order valence-corrected chi connectivity index (χ1v) is 0. The molecule has 0 aliphatic rings. The Kier molecular flexibility index (Phi) is 27700. The molecule has 0 fully saturated rings. The van der Waals surface area contributed by atoms with Gasteiger partial charge in [-0.2, -0.15) is 0 Å². The van der Waals surface area contributed by atoms with Gasteiger partial charge in [0.1, 0.15) is 0 Å². The van der Waals surface area contributed by atoms with Crippen LogP contribution < -0.4 is 0 Å².